The third kappa shape index (κ3) is 3.54. The van der Waals surface area contributed by atoms with Gasteiger partial charge in [0.2, 0.25) is 0 Å². The molecule has 1 heterocycles. The minimum Gasteiger partial charge on any atom is -0.507 e. The van der Waals surface area contributed by atoms with Gasteiger partial charge in [-0.15, -0.1) is 11.3 Å². The van der Waals surface area contributed by atoms with Gasteiger partial charge in [0, 0.05) is 27.4 Å². The number of aromatic nitrogens is 1. The number of halogens is 1. The van der Waals surface area contributed by atoms with Gasteiger partial charge in [-0.05, 0) is 23.0 Å². The molecule has 1 N–H and O–H groups in total. The molecule has 2 rings (SSSR count). The second kappa shape index (κ2) is 5.97. The van der Waals surface area contributed by atoms with Crippen LogP contribution in [0.15, 0.2) is 17.5 Å². The van der Waals surface area contributed by atoms with Crippen LogP contribution in [0.25, 0.3) is 10.6 Å². The molecular formula is C18H24BrNOS. The van der Waals surface area contributed by atoms with Crippen molar-refractivity contribution in [1.29, 1.82) is 0 Å². The summed E-state index contributed by atoms with van der Waals surface area (Å²) in [7, 11) is 0. The molecule has 4 heteroatoms. The lowest BCUT2D eigenvalue weighted by Crippen LogP contribution is -2.17. The van der Waals surface area contributed by atoms with Crippen molar-refractivity contribution in [2.45, 2.75) is 57.7 Å². The predicted octanol–water partition coefficient (Wildman–Crippen LogP) is 6.01. The van der Waals surface area contributed by atoms with Crippen LogP contribution in [-0.2, 0) is 16.2 Å². The van der Waals surface area contributed by atoms with Crippen LogP contribution < -0.4 is 0 Å². The number of phenols is 1. The highest BCUT2D eigenvalue weighted by Crippen LogP contribution is 2.42. The van der Waals surface area contributed by atoms with Crippen molar-refractivity contribution < 1.29 is 5.11 Å². The van der Waals surface area contributed by atoms with Crippen molar-refractivity contribution in [3.8, 4) is 16.3 Å². The fourth-order valence-electron chi connectivity index (χ4n) is 2.40. The molecule has 0 aliphatic heterocycles. The Hall–Kier alpha value is -0.870. The van der Waals surface area contributed by atoms with E-state index in [1.54, 1.807) is 11.3 Å². The van der Waals surface area contributed by atoms with Gasteiger partial charge < -0.3 is 5.11 Å². The number of phenolic OH excluding ortho intramolecular Hbond substituents is 1. The normalized spacial score (nSPS) is 12.7. The van der Waals surface area contributed by atoms with Gasteiger partial charge in [0.1, 0.15) is 10.8 Å². The summed E-state index contributed by atoms with van der Waals surface area (Å²) in [5.74, 6) is 0.418. The van der Waals surface area contributed by atoms with E-state index in [1.165, 1.54) is 0 Å². The van der Waals surface area contributed by atoms with Crippen molar-refractivity contribution in [3.05, 3.63) is 34.3 Å². The third-order valence-corrected chi connectivity index (χ3v) is 5.18. The van der Waals surface area contributed by atoms with Gasteiger partial charge in [-0.25, -0.2) is 4.98 Å². The first-order chi connectivity index (χ1) is 10.0. The smallest absolute Gasteiger partial charge is 0.123 e. The highest BCUT2D eigenvalue weighted by atomic mass is 79.9. The molecular weight excluding hydrogens is 358 g/mol. The average Bonchev–Trinajstić information content (AvgIpc) is 2.85. The Labute approximate surface area is 145 Å². The fraction of sp³-hybridized carbons (Fsp3) is 0.500. The molecule has 0 radical (unpaired) electrons. The Balaban J connectivity index is 2.70. The predicted molar refractivity (Wildman–Crippen MR) is 99.2 cm³/mol. The maximum Gasteiger partial charge on any atom is 0.123 e. The third-order valence-electron chi connectivity index (χ3n) is 3.66. The zero-order valence-corrected chi connectivity index (χ0v) is 16.5. The van der Waals surface area contributed by atoms with Crippen molar-refractivity contribution in [2.75, 3.05) is 0 Å². The van der Waals surface area contributed by atoms with Gasteiger partial charge in [0.15, 0.2) is 0 Å². The second-order valence-electron chi connectivity index (χ2n) is 7.70. The molecule has 2 aromatic rings. The van der Waals surface area contributed by atoms with E-state index in [0.717, 1.165) is 32.7 Å². The summed E-state index contributed by atoms with van der Waals surface area (Å²) in [6.07, 6.45) is 0. The quantitative estimate of drug-likeness (QED) is 0.646. The molecule has 0 aliphatic carbocycles. The second-order valence-corrected chi connectivity index (χ2v) is 9.12. The average molecular weight is 382 g/mol. The number of nitrogens with zero attached hydrogens (tertiary/aromatic N) is 1. The molecule has 0 spiro atoms. The maximum atomic E-state index is 10.8. The monoisotopic (exact) mass is 381 g/mol. The van der Waals surface area contributed by atoms with Crippen LogP contribution >= 0.6 is 27.3 Å². The SMILES string of the molecule is CC(C)(C)c1cc(-c2nc(CBr)cs2)cc(C(C)(C)C)c1O. The zero-order valence-electron chi connectivity index (χ0n) is 14.1. The van der Waals surface area contributed by atoms with Crippen LogP contribution in [0.2, 0.25) is 0 Å². The summed E-state index contributed by atoms with van der Waals surface area (Å²) in [4.78, 5) is 4.66. The Morgan fingerprint density at radius 1 is 1.05 bits per heavy atom. The lowest BCUT2D eigenvalue weighted by atomic mass is 9.78. The van der Waals surface area contributed by atoms with Crippen LogP contribution in [0, 0.1) is 0 Å². The molecule has 22 heavy (non-hydrogen) atoms. The number of aromatic hydroxyl groups is 1. The standard InChI is InChI=1S/C18H24BrNOS/c1-17(2,3)13-7-11(16-20-12(9-19)10-22-16)8-14(15(13)21)18(4,5)6/h7-8,10,21H,9H2,1-6H3. The molecule has 0 unspecified atom stereocenters. The summed E-state index contributed by atoms with van der Waals surface area (Å²) in [6.45, 7) is 12.8. The van der Waals surface area contributed by atoms with E-state index in [2.05, 4.69) is 80.0 Å². The van der Waals surface area contributed by atoms with Crippen LogP contribution in [-0.4, -0.2) is 10.1 Å². The minimum absolute atomic E-state index is 0.115. The molecule has 2 nitrogen and oxygen atoms in total. The Morgan fingerprint density at radius 3 is 1.91 bits per heavy atom. The number of hydrogen-bond acceptors (Lipinski definition) is 3. The first-order valence-corrected chi connectivity index (χ1v) is 9.43. The van der Waals surface area contributed by atoms with E-state index >= 15 is 0 Å². The zero-order chi connectivity index (χ0) is 16.7. The van der Waals surface area contributed by atoms with Gasteiger partial charge in [0.25, 0.3) is 0 Å². The van der Waals surface area contributed by atoms with Crippen molar-refractivity contribution in [2.24, 2.45) is 0 Å². The molecule has 120 valence electrons. The van der Waals surface area contributed by atoms with E-state index in [0.29, 0.717) is 5.75 Å². The Bertz CT molecular complexity index is 642. The molecule has 1 aromatic carbocycles. The number of thiazole rings is 1. The Kier molecular flexibility index (Phi) is 4.74. The summed E-state index contributed by atoms with van der Waals surface area (Å²) in [5.41, 5.74) is 3.86. The first-order valence-electron chi connectivity index (χ1n) is 7.42. The largest absolute Gasteiger partial charge is 0.507 e. The molecule has 0 fully saturated rings. The Morgan fingerprint density at radius 2 is 1.55 bits per heavy atom. The van der Waals surface area contributed by atoms with E-state index in [9.17, 15) is 5.11 Å². The first kappa shape index (κ1) is 17.5. The molecule has 0 saturated carbocycles. The molecule has 0 aliphatic rings. The maximum absolute atomic E-state index is 10.8. The molecule has 0 atom stereocenters. The van der Waals surface area contributed by atoms with Crippen LogP contribution in [0.5, 0.6) is 5.75 Å². The van der Waals surface area contributed by atoms with Gasteiger partial charge >= 0.3 is 0 Å². The highest BCUT2D eigenvalue weighted by molar-refractivity contribution is 9.08. The van der Waals surface area contributed by atoms with E-state index in [-0.39, 0.29) is 10.8 Å². The van der Waals surface area contributed by atoms with Crippen molar-refractivity contribution >= 4 is 27.3 Å². The lowest BCUT2D eigenvalue weighted by Gasteiger charge is -2.28. The highest BCUT2D eigenvalue weighted by Gasteiger charge is 2.27. The summed E-state index contributed by atoms with van der Waals surface area (Å²) < 4.78 is 0. The van der Waals surface area contributed by atoms with Gasteiger partial charge in [-0.3, -0.25) is 0 Å². The lowest BCUT2D eigenvalue weighted by molar-refractivity contribution is 0.423. The molecule has 0 amide bonds. The molecule has 0 saturated heterocycles. The molecule has 0 bridgehead atoms. The topological polar surface area (TPSA) is 33.1 Å². The fourth-order valence-corrected chi connectivity index (χ4v) is 3.71. The van der Waals surface area contributed by atoms with Gasteiger partial charge in [-0.2, -0.15) is 0 Å². The van der Waals surface area contributed by atoms with Gasteiger partial charge in [0.05, 0.1) is 5.69 Å². The summed E-state index contributed by atoms with van der Waals surface area (Å²) >= 11 is 5.10. The number of alkyl halides is 1. The summed E-state index contributed by atoms with van der Waals surface area (Å²) in [6, 6.07) is 4.17. The van der Waals surface area contributed by atoms with Crippen molar-refractivity contribution in [3.63, 3.8) is 0 Å². The molecule has 1 aromatic heterocycles. The minimum atomic E-state index is -0.115. The van der Waals surface area contributed by atoms with Gasteiger partial charge in [-0.1, -0.05) is 57.5 Å². The summed E-state index contributed by atoms with van der Waals surface area (Å²) in [5, 5.41) is 14.6. The van der Waals surface area contributed by atoms with Crippen LogP contribution in [0.4, 0.5) is 0 Å². The van der Waals surface area contributed by atoms with Crippen LogP contribution in [0.1, 0.15) is 58.4 Å². The van der Waals surface area contributed by atoms with E-state index in [4.69, 9.17) is 0 Å². The van der Waals surface area contributed by atoms with E-state index in [1.807, 2.05) is 0 Å². The number of benzene rings is 1. The van der Waals surface area contributed by atoms with Crippen molar-refractivity contribution in [1.82, 2.24) is 4.98 Å². The number of rotatable bonds is 2. The van der Waals surface area contributed by atoms with Crippen LogP contribution in [0.3, 0.4) is 0 Å². The number of hydrogen-bond donors (Lipinski definition) is 1. The van der Waals surface area contributed by atoms with E-state index < -0.39 is 0 Å².